The van der Waals surface area contributed by atoms with Gasteiger partial charge in [-0.3, -0.25) is 4.99 Å². The number of hydrogen-bond donors (Lipinski definition) is 1. The predicted octanol–water partition coefficient (Wildman–Crippen LogP) is 6.07. The summed E-state index contributed by atoms with van der Waals surface area (Å²) >= 11 is 6.15. The number of aliphatic imine (C=N–C) groups is 1. The minimum atomic E-state index is -0.953. The van der Waals surface area contributed by atoms with Gasteiger partial charge in [0.2, 0.25) is 0 Å². The fraction of sp³-hybridized carbons (Fsp3) is 0.167. The third kappa shape index (κ3) is 5.61. The van der Waals surface area contributed by atoms with Crippen LogP contribution in [0, 0.1) is 6.92 Å². The zero-order valence-electron chi connectivity index (χ0n) is 16.8. The van der Waals surface area contributed by atoms with Gasteiger partial charge in [-0.2, -0.15) is 0 Å². The average molecular weight is 424 g/mol. The Kier molecular flexibility index (Phi) is 7.09. The van der Waals surface area contributed by atoms with Crippen molar-refractivity contribution in [3.63, 3.8) is 0 Å². The molecular formula is C24H22ClNO4. The largest absolute Gasteiger partial charge is 0.490 e. The summed E-state index contributed by atoms with van der Waals surface area (Å²) in [4.78, 5) is 15.4. The summed E-state index contributed by atoms with van der Waals surface area (Å²) in [5.74, 6) is 0.270. The number of hydrogen-bond acceptors (Lipinski definition) is 4. The van der Waals surface area contributed by atoms with Crippen LogP contribution in [0.2, 0.25) is 5.02 Å². The van der Waals surface area contributed by atoms with E-state index in [4.69, 9.17) is 26.2 Å². The van der Waals surface area contributed by atoms with Crippen molar-refractivity contribution in [2.24, 2.45) is 4.99 Å². The Morgan fingerprint density at radius 2 is 1.80 bits per heavy atom. The van der Waals surface area contributed by atoms with Crippen LogP contribution < -0.4 is 9.47 Å². The first kappa shape index (κ1) is 21.4. The van der Waals surface area contributed by atoms with Crippen LogP contribution >= 0.6 is 11.6 Å². The molecule has 0 fully saturated rings. The van der Waals surface area contributed by atoms with E-state index in [1.807, 2.05) is 50.2 Å². The molecule has 0 heterocycles. The molecule has 0 bridgehead atoms. The van der Waals surface area contributed by atoms with Gasteiger partial charge in [0.25, 0.3) is 0 Å². The first-order chi connectivity index (χ1) is 14.5. The summed E-state index contributed by atoms with van der Waals surface area (Å²) in [6.45, 7) is 4.65. The summed E-state index contributed by atoms with van der Waals surface area (Å²) in [5, 5.41) is 9.66. The molecule has 5 nitrogen and oxygen atoms in total. The van der Waals surface area contributed by atoms with Gasteiger partial charge in [0.15, 0.2) is 11.5 Å². The third-order valence-corrected chi connectivity index (χ3v) is 4.79. The molecule has 0 saturated heterocycles. The number of carbonyl (C=O) groups is 1. The molecule has 3 aromatic rings. The standard InChI is InChI=1S/C24H22ClNO4/c1-3-29-23-12-18(14-26-20-10-4-16(2)21(25)13-20)7-11-22(23)30-15-17-5-8-19(9-6-17)24(27)28/h4-14H,3,15H2,1-2H3,(H,27,28). The first-order valence-corrected chi connectivity index (χ1v) is 9.86. The van der Waals surface area contributed by atoms with E-state index in [9.17, 15) is 4.79 Å². The quantitative estimate of drug-likeness (QED) is 0.446. The van der Waals surface area contributed by atoms with Crippen molar-refractivity contribution in [2.45, 2.75) is 20.5 Å². The molecule has 6 heteroatoms. The fourth-order valence-corrected chi connectivity index (χ4v) is 2.88. The molecule has 0 saturated carbocycles. The topological polar surface area (TPSA) is 68.1 Å². The zero-order valence-corrected chi connectivity index (χ0v) is 17.5. The molecule has 0 aliphatic heterocycles. The van der Waals surface area contributed by atoms with E-state index in [0.29, 0.717) is 29.7 Å². The van der Waals surface area contributed by atoms with Crippen LogP contribution in [0.15, 0.2) is 65.7 Å². The fourth-order valence-electron chi connectivity index (χ4n) is 2.71. The van der Waals surface area contributed by atoms with E-state index in [1.54, 1.807) is 30.5 Å². The van der Waals surface area contributed by atoms with Gasteiger partial charge in [0.05, 0.1) is 17.9 Å². The van der Waals surface area contributed by atoms with Crippen LogP contribution in [0.4, 0.5) is 5.69 Å². The van der Waals surface area contributed by atoms with E-state index >= 15 is 0 Å². The lowest BCUT2D eigenvalue weighted by atomic mass is 10.1. The minimum Gasteiger partial charge on any atom is -0.490 e. The second-order valence-electron chi connectivity index (χ2n) is 6.62. The highest BCUT2D eigenvalue weighted by Crippen LogP contribution is 2.29. The van der Waals surface area contributed by atoms with Crippen molar-refractivity contribution in [3.05, 3.63) is 87.9 Å². The Bertz CT molecular complexity index is 1060. The van der Waals surface area contributed by atoms with Crippen LogP contribution in [0.5, 0.6) is 11.5 Å². The highest BCUT2D eigenvalue weighted by atomic mass is 35.5. The number of aryl methyl sites for hydroxylation is 1. The number of carboxylic acids is 1. The van der Waals surface area contributed by atoms with Gasteiger partial charge >= 0.3 is 5.97 Å². The molecule has 154 valence electrons. The normalized spacial score (nSPS) is 10.9. The van der Waals surface area contributed by atoms with E-state index < -0.39 is 5.97 Å². The molecule has 0 unspecified atom stereocenters. The molecular weight excluding hydrogens is 402 g/mol. The third-order valence-electron chi connectivity index (χ3n) is 4.38. The van der Waals surface area contributed by atoms with Gasteiger partial charge < -0.3 is 14.6 Å². The number of ether oxygens (including phenoxy) is 2. The number of nitrogens with zero attached hydrogens (tertiary/aromatic N) is 1. The number of rotatable bonds is 8. The van der Waals surface area contributed by atoms with Crippen molar-refractivity contribution in [2.75, 3.05) is 6.61 Å². The van der Waals surface area contributed by atoms with E-state index in [2.05, 4.69) is 4.99 Å². The minimum absolute atomic E-state index is 0.243. The number of benzene rings is 3. The molecule has 0 radical (unpaired) electrons. The maximum Gasteiger partial charge on any atom is 0.335 e. The number of halogens is 1. The van der Waals surface area contributed by atoms with Crippen LogP contribution in [0.25, 0.3) is 0 Å². The highest BCUT2D eigenvalue weighted by molar-refractivity contribution is 6.31. The van der Waals surface area contributed by atoms with Gasteiger partial charge in [0, 0.05) is 11.2 Å². The molecule has 0 aliphatic carbocycles. The van der Waals surface area contributed by atoms with Crippen LogP contribution in [0.3, 0.4) is 0 Å². The lowest BCUT2D eigenvalue weighted by Crippen LogP contribution is -2.01. The number of carboxylic acid groups (broad SMARTS) is 1. The Balaban J connectivity index is 1.73. The van der Waals surface area contributed by atoms with E-state index in [1.165, 1.54) is 0 Å². The zero-order chi connectivity index (χ0) is 21.5. The van der Waals surface area contributed by atoms with Crippen LogP contribution in [-0.4, -0.2) is 23.9 Å². The molecule has 1 N–H and O–H groups in total. The molecule has 0 atom stereocenters. The lowest BCUT2D eigenvalue weighted by molar-refractivity contribution is 0.0697. The molecule has 0 amide bonds. The second kappa shape index (κ2) is 9.94. The van der Waals surface area contributed by atoms with Crippen molar-refractivity contribution in [1.82, 2.24) is 0 Å². The van der Waals surface area contributed by atoms with Gasteiger partial charge in [-0.15, -0.1) is 0 Å². The Labute approximate surface area is 180 Å². The maximum atomic E-state index is 11.0. The SMILES string of the molecule is CCOc1cc(C=Nc2ccc(C)c(Cl)c2)ccc1OCc1ccc(C(=O)O)cc1. The average Bonchev–Trinajstić information content (AvgIpc) is 2.74. The van der Waals surface area contributed by atoms with Gasteiger partial charge in [-0.25, -0.2) is 4.79 Å². The first-order valence-electron chi connectivity index (χ1n) is 9.48. The molecule has 3 rings (SSSR count). The summed E-state index contributed by atoms with van der Waals surface area (Å²) in [5.41, 5.74) is 3.76. The van der Waals surface area contributed by atoms with E-state index in [-0.39, 0.29) is 5.56 Å². The Hall–Kier alpha value is -3.31. The summed E-state index contributed by atoms with van der Waals surface area (Å²) in [7, 11) is 0. The highest BCUT2D eigenvalue weighted by Gasteiger charge is 2.08. The maximum absolute atomic E-state index is 11.0. The lowest BCUT2D eigenvalue weighted by Gasteiger charge is -2.13. The van der Waals surface area contributed by atoms with Gasteiger partial charge in [-0.1, -0.05) is 29.8 Å². The van der Waals surface area contributed by atoms with Gasteiger partial charge in [0.1, 0.15) is 6.61 Å². The molecule has 30 heavy (non-hydrogen) atoms. The van der Waals surface area contributed by atoms with Crippen LogP contribution in [0.1, 0.15) is 34.0 Å². The monoisotopic (exact) mass is 423 g/mol. The van der Waals surface area contributed by atoms with Crippen molar-refractivity contribution >= 4 is 29.5 Å². The molecule has 0 aliphatic rings. The molecule has 3 aromatic carbocycles. The smallest absolute Gasteiger partial charge is 0.335 e. The van der Waals surface area contributed by atoms with E-state index in [0.717, 1.165) is 22.4 Å². The second-order valence-corrected chi connectivity index (χ2v) is 7.03. The number of aromatic carboxylic acids is 1. The molecule has 0 spiro atoms. The van der Waals surface area contributed by atoms with Crippen molar-refractivity contribution in [1.29, 1.82) is 0 Å². The van der Waals surface area contributed by atoms with Crippen molar-refractivity contribution in [3.8, 4) is 11.5 Å². The predicted molar refractivity (Wildman–Crippen MR) is 119 cm³/mol. The Morgan fingerprint density at radius 1 is 1.03 bits per heavy atom. The van der Waals surface area contributed by atoms with Crippen LogP contribution in [-0.2, 0) is 6.61 Å². The molecule has 0 aromatic heterocycles. The van der Waals surface area contributed by atoms with Gasteiger partial charge in [-0.05, 0) is 73.0 Å². The van der Waals surface area contributed by atoms with Crippen molar-refractivity contribution < 1.29 is 19.4 Å². The summed E-state index contributed by atoms with van der Waals surface area (Å²) in [6.07, 6.45) is 1.75. The summed E-state index contributed by atoms with van der Waals surface area (Å²) < 4.78 is 11.6. The summed E-state index contributed by atoms with van der Waals surface area (Å²) in [6, 6.07) is 17.8. The Morgan fingerprint density at radius 3 is 2.47 bits per heavy atom.